The predicted molar refractivity (Wildman–Crippen MR) is 45.3 cm³/mol. The number of nitrogens with one attached hydrogen (secondary N) is 1. The predicted octanol–water partition coefficient (Wildman–Crippen LogP) is 0.874. The summed E-state index contributed by atoms with van der Waals surface area (Å²) in [7, 11) is 0. The Kier molecular flexibility index (Phi) is 1.87. The Morgan fingerprint density at radius 3 is 3.25 bits per heavy atom. The van der Waals surface area contributed by atoms with Crippen LogP contribution < -0.4 is 10.1 Å². The molecule has 1 aliphatic rings. The van der Waals surface area contributed by atoms with Gasteiger partial charge in [-0.1, -0.05) is 6.07 Å². The van der Waals surface area contributed by atoms with Crippen molar-refractivity contribution in [2.75, 3.05) is 13.2 Å². The highest BCUT2D eigenvalue weighted by atomic mass is 16.5. The van der Waals surface area contributed by atoms with E-state index < -0.39 is 0 Å². The minimum atomic E-state index is 0.307. The van der Waals surface area contributed by atoms with E-state index in [0.717, 1.165) is 17.9 Å². The van der Waals surface area contributed by atoms with Gasteiger partial charge in [-0.2, -0.15) is 0 Å². The van der Waals surface area contributed by atoms with Crippen molar-refractivity contribution >= 4 is 0 Å². The van der Waals surface area contributed by atoms with Crippen LogP contribution in [0.2, 0.25) is 0 Å². The van der Waals surface area contributed by atoms with Gasteiger partial charge in [0.05, 0.1) is 0 Å². The minimum absolute atomic E-state index is 0.307. The number of fused-ring (bicyclic) bond motifs is 1. The third kappa shape index (κ3) is 1.23. The molecule has 0 fully saturated rings. The zero-order valence-corrected chi connectivity index (χ0v) is 6.71. The Bertz CT molecular complexity index is 286. The highest BCUT2D eigenvalue weighted by molar-refractivity contribution is 5.44. The Balaban J connectivity index is 2.42. The fraction of sp³-hybridized carbons (Fsp3) is 0.333. The number of hydrogen-bond acceptors (Lipinski definition) is 3. The largest absolute Gasteiger partial charge is 0.507 e. The molecule has 0 radical (unpaired) electrons. The van der Waals surface area contributed by atoms with Gasteiger partial charge < -0.3 is 15.2 Å². The first-order valence-electron chi connectivity index (χ1n) is 4.02. The maximum absolute atomic E-state index is 9.46. The van der Waals surface area contributed by atoms with Crippen molar-refractivity contribution in [3.8, 4) is 11.5 Å². The lowest BCUT2D eigenvalue weighted by atomic mass is 10.2. The number of ether oxygens (including phenoxy) is 1. The second-order valence-electron chi connectivity index (χ2n) is 2.78. The SMILES string of the molecule is Oc1cccc2c1CNCCO2. The summed E-state index contributed by atoms with van der Waals surface area (Å²) in [5.74, 6) is 1.10. The molecule has 64 valence electrons. The summed E-state index contributed by atoms with van der Waals surface area (Å²) >= 11 is 0. The van der Waals surface area contributed by atoms with Crippen LogP contribution in [0.15, 0.2) is 18.2 Å². The van der Waals surface area contributed by atoms with Gasteiger partial charge in [0.15, 0.2) is 0 Å². The first kappa shape index (κ1) is 7.43. The standard InChI is InChI=1S/C9H11NO2/c11-8-2-1-3-9-7(8)6-10-4-5-12-9/h1-3,10-11H,4-6H2. The van der Waals surface area contributed by atoms with Crippen LogP contribution in [0.3, 0.4) is 0 Å². The minimum Gasteiger partial charge on any atom is -0.507 e. The van der Waals surface area contributed by atoms with E-state index in [2.05, 4.69) is 5.32 Å². The Morgan fingerprint density at radius 2 is 2.33 bits per heavy atom. The van der Waals surface area contributed by atoms with Crippen LogP contribution in [0, 0.1) is 0 Å². The molecule has 0 aromatic heterocycles. The van der Waals surface area contributed by atoms with Crippen molar-refractivity contribution in [2.24, 2.45) is 0 Å². The van der Waals surface area contributed by atoms with Crippen LogP contribution in [-0.2, 0) is 6.54 Å². The van der Waals surface area contributed by atoms with Crippen molar-refractivity contribution in [3.05, 3.63) is 23.8 Å². The van der Waals surface area contributed by atoms with E-state index in [-0.39, 0.29) is 0 Å². The molecule has 0 saturated heterocycles. The second kappa shape index (κ2) is 3.03. The van der Waals surface area contributed by atoms with Crippen LogP contribution in [0.4, 0.5) is 0 Å². The van der Waals surface area contributed by atoms with Gasteiger partial charge in [0.1, 0.15) is 18.1 Å². The van der Waals surface area contributed by atoms with Gasteiger partial charge in [-0.05, 0) is 12.1 Å². The molecule has 0 bridgehead atoms. The van der Waals surface area contributed by atoms with Gasteiger partial charge in [-0.15, -0.1) is 0 Å². The Labute approximate surface area is 71.0 Å². The second-order valence-corrected chi connectivity index (χ2v) is 2.78. The number of phenols is 1. The lowest BCUT2D eigenvalue weighted by molar-refractivity contribution is 0.324. The van der Waals surface area contributed by atoms with E-state index in [0.29, 0.717) is 18.9 Å². The normalized spacial score (nSPS) is 16.0. The maximum Gasteiger partial charge on any atom is 0.127 e. The summed E-state index contributed by atoms with van der Waals surface area (Å²) < 4.78 is 5.41. The zero-order chi connectivity index (χ0) is 8.39. The highest BCUT2D eigenvalue weighted by Crippen LogP contribution is 2.27. The smallest absolute Gasteiger partial charge is 0.127 e. The van der Waals surface area contributed by atoms with Gasteiger partial charge in [0.2, 0.25) is 0 Å². The molecule has 0 atom stereocenters. The summed E-state index contributed by atoms with van der Waals surface area (Å²) in [5, 5.41) is 12.6. The molecule has 2 N–H and O–H groups in total. The number of benzene rings is 1. The molecule has 3 nitrogen and oxygen atoms in total. The quantitative estimate of drug-likeness (QED) is 0.599. The van der Waals surface area contributed by atoms with Gasteiger partial charge in [0, 0.05) is 18.7 Å². The van der Waals surface area contributed by atoms with Crippen LogP contribution >= 0.6 is 0 Å². The molecule has 1 aromatic carbocycles. The molecule has 0 spiro atoms. The van der Waals surface area contributed by atoms with E-state index in [4.69, 9.17) is 4.74 Å². The third-order valence-electron chi connectivity index (χ3n) is 1.95. The topological polar surface area (TPSA) is 41.5 Å². The molecule has 1 heterocycles. The molecule has 0 unspecified atom stereocenters. The van der Waals surface area contributed by atoms with E-state index in [9.17, 15) is 5.11 Å². The van der Waals surface area contributed by atoms with E-state index in [1.165, 1.54) is 0 Å². The van der Waals surface area contributed by atoms with Crippen LogP contribution in [0.1, 0.15) is 5.56 Å². The van der Waals surface area contributed by atoms with Crippen LogP contribution in [-0.4, -0.2) is 18.3 Å². The Hall–Kier alpha value is -1.22. The summed E-state index contributed by atoms with van der Waals surface area (Å²) in [5.41, 5.74) is 0.856. The molecule has 0 aliphatic carbocycles. The van der Waals surface area contributed by atoms with Crippen molar-refractivity contribution in [1.29, 1.82) is 0 Å². The lowest BCUT2D eigenvalue weighted by Crippen LogP contribution is -2.16. The number of rotatable bonds is 0. The molecule has 2 rings (SSSR count). The van der Waals surface area contributed by atoms with Gasteiger partial charge in [0.25, 0.3) is 0 Å². The molecular weight excluding hydrogens is 154 g/mol. The summed E-state index contributed by atoms with van der Waals surface area (Å²) in [6.45, 7) is 2.17. The summed E-state index contributed by atoms with van der Waals surface area (Å²) in [4.78, 5) is 0. The van der Waals surface area contributed by atoms with Gasteiger partial charge in [-0.3, -0.25) is 0 Å². The average Bonchev–Trinajstić information content (AvgIpc) is 2.30. The zero-order valence-electron chi connectivity index (χ0n) is 6.71. The average molecular weight is 165 g/mol. The molecular formula is C9H11NO2. The number of aromatic hydroxyl groups is 1. The van der Waals surface area contributed by atoms with E-state index in [1.807, 2.05) is 6.07 Å². The third-order valence-corrected chi connectivity index (χ3v) is 1.95. The van der Waals surface area contributed by atoms with E-state index in [1.54, 1.807) is 12.1 Å². The van der Waals surface area contributed by atoms with Crippen LogP contribution in [0.5, 0.6) is 11.5 Å². The van der Waals surface area contributed by atoms with Crippen molar-refractivity contribution in [2.45, 2.75) is 6.54 Å². The first-order chi connectivity index (χ1) is 5.88. The Morgan fingerprint density at radius 1 is 1.42 bits per heavy atom. The first-order valence-corrected chi connectivity index (χ1v) is 4.02. The van der Waals surface area contributed by atoms with Gasteiger partial charge in [-0.25, -0.2) is 0 Å². The van der Waals surface area contributed by atoms with E-state index >= 15 is 0 Å². The molecule has 1 aliphatic heterocycles. The van der Waals surface area contributed by atoms with Crippen LogP contribution in [0.25, 0.3) is 0 Å². The molecule has 3 heteroatoms. The number of phenolic OH excluding ortho intramolecular Hbond substituents is 1. The van der Waals surface area contributed by atoms with Crippen molar-refractivity contribution in [1.82, 2.24) is 5.32 Å². The monoisotopic (exact) mass is 165 g/mol. The highest BCUT2D eigenvalue weighted by Gasteiger charge is 2.10. The molecule has 0 amide bonds. The molecule has 0 saturated carbocycles. The van der Waals surface area contributed by atoms with Crippen molar-refractivity contribution < 1.29 is 9.84 Å². The molecule has 1 aromatic rings. The fourth-order valence-electron chi connectivity index (χ4n) is 1.31. The number of hydrogen-bond donors (Lipinski definition) is 2. The molecule has 12 heavy (non-hydrogen) atoms. The summed E-state index contributed by atoms with van der Waals surface area (Å²) in [6.07, 6.45) is 0. The fourth-order valence-corrected chi connectivity index (χ4v) is 1.31. The maximum atomic E-state index is 9.46. The summed E-state index contributed by atoms with van der Waals surface area (Å²) in [6, 6.07) is 5.34. The lowest BCUT2D eigenvalue weighted by Gasteiger charge is -2.06. The van der Waals surface area contributed by atoms with Crippen molar-refractivity contribution in [3.63, 3.8) is 0 Å². The van der Waals surface area contributed by atoms with Gasteiger partial charge >= 0.3 is 0 Å².